The molecule has 1 N–H and O–H groups in total. The first kappa shape index (κ1) is 13.5. The Kier molecular flexibility index (Phi) is 4.03. The monoisotopic (exact) mass is 287 g/mol. The Hall–Kier alpha value is -0.930. The van der Waals surface area contributed by atoms with E-state index < -0.39 is 0 Å². The van der Waals surface area contributed by atoms with Gasteiger partial charge in [-0.3, -0.25) is 4.79 Å². The molecule has 0 aromatic heterocycles. The first-order valence-electron chi connectivity index (χ1n) is 5.91. The van der Waals surface area contributed by atoms with Gasteiger partial charge in [0.2, 0.25) is 0 Å². The Labute approximate surface area is 116 Å². The number of amides is 1. The summed E-state index contributed by atoms with van der Waals surface area (Å²) in [6.07, 6.45) is 0.781. The van der Waals surface area contributed by atoms with Gasteiger partial charge in [-0.15, -0.1) is 11.6 Å². The van der Waals surface area contributed by atoms with Crippen LogP contribution in [0, 0.1) is 5.92 Å². The predicted octanol–water partition coefficient (Wildman–Crippen LogP) is 3.14. The maximum absolute atomic E-state index is 12.3. The normalized spacial score (nSPS) is 24.1. The fourth-order valence-electron chi connectivity index (χ4n) is 2.16. The molecule has 1 aliphatic rings. The van der Waals surface area contributed by atoms with Gasteiger partial charge in [-0.05, 0) is 30.5 Å². The van der Waals surface area contributed by atoms with Gasteiger partial charge < -0.3 is 10.0 Å². The highest BCUT2D eigenvalue weighted by molar-refractivity contribution is 6.30. The average Bonchev–Trinajstić information content (AvgIpc) is 2.32. The third kappa shape index (κ3) is 2.73. The summed E-state index contributed by atoms with van der Waals surface area (Å²) in [5.74, 6) is 0.0199. The maximum Gasteiger partial charge on any atom is 0.257 e. The van der Waals surface area contributed by atoms with Gasteiger partial charge in [-0.2, -0.15) is 0 Å². The average molecular weight is 288 g/mol. The molecule has 5 heteroatoms. The number of alkyl halides is 1. The first-order chi connectivity index (χ1) is 8.49. The van der Waals surface area contributed by atoms with Crippen molar-refractivity contribution in [2.24, 2.45) is 5.92 Å². The fourth-order valence-corrected chi connectivity index (χ4v) is 2.50. The number of likely N-dealkylation sites (tertiary alicyclic amines) is 1. The van der Waals surface area contributed by atoms with Gasteiger partial charge >= 0.3 is 0 Å². The largest absolute Gasteiger partial charge is 0.507 e. The molecule has 2 unspecified atom stereocenters. The van der Waals surface area contributed by atoms with E-state index >= 15 is 0 Å². The van der Waals surface area contributed by atoms with E-state index in [0.29, 0.717) is 23.7 Å². The molecule has 1 fully saturated rings. The van der Waals surface area contributed by atoms with Gasteiger partial charge in [0, 0.05) is 23.5 Å². The number of halogens is 2. The van der Waals surface area contributed by atoms with Gasteiger partial charge in [-0.1, -0.05) is 18.5 Å². The molecule has 0 aliphatic carbocycles. The number of carbonyl (C=O) groups excluding carboxylic acids is 1. The fraction of sp³-hybridized carbons (Fsp3) is 0.462. The third-order valence-electron chi connectivity index (χ3n) is 3.28. The van der Waals surface area contributed by atoms with Crippen molar-refractivity contribution in [2.75, 3.05) is 13.1 Å². The Morgan fingerprint density at radius 3 is 2.83 bits per heavy atom. The second-order valence-electron chi connectivity index (χ2n) is 4.69. The number of hydrogen-bond donors (Lipinski definition) is 1. The highest BCUT2D eigenvalue weighted by Crippen LogP contribution is 2.27. The number of nitrogens with zero attached hydrogens (tertiary/aromatic N) is 1. The molecule has 0 radical (unpaired) electrons. The zero-order chi connectivity index (χ0) is 13.3. The van der Waals surface area contributed by atoms with Crippen molar-refractivity contribution in [3.63, 3.8) is 0 Å². The number of hydrogen-bond acceptors (Lipinski definition) is 2. The molecule has 0 saturated carbocycles. The molecule has 1 heterocycles. The van der Waals surface area contributed by atoms with E-state index in [-0.39, 0.29) is 23.0 Å². The first-order valence-corrected chi connectivity index (χ1v) is 6.72. The third-order valence-corrected chi connectivity index (χ3v) is 4.16. The second kappa shape index (κ2) is 5.37. The van der Waals surface area contributed by atoms with Gasteiger partial charge in [0.15, 0.2) is 0 Å². The van der Waals surface area contributed by atoms with Crippen molar-refractivity contribution in [3.8, 4) is 5.75 Å². The Morgan fingerprint density at radius 1 is 1.50 bits per heavy atom. The molecule has 2 atom stereocenters. The molecule has 0 bridgehead atoms. The molecule has 1 aliphatic heterocycles. The zero-order valence-electron chi connectivity index (χ0n) is 10.1. The summed E-state index contributed by atoms with van der Waals surface area (Å²) in [4.78, 5) is 14.0. The number of carbonyl (C=O) groups is 1. The number of piperidine rings is 1. The molecule has 1 aromatic rings. The Bertz CT molecular complexity index is 464. The molecule has 2 rings (SSSR count). The smallest absolute Gasteiger partial charge is 0.257 e. The Balaban J connectivity index is 2.16. The SMILES string of the molecule is CC1CN(C(=O)c2ccc(Cl)cc2O)CCC1Cl. The summed E-state index contributed by atoms with van der Waals surface area (Å²) in [6.45, 7) is 3.27. The van der Waals surface area contributed by atoms with E-state index in [9.17, 15) is 9.90 Å². The molecular formula is C13H15Cl2NO2. The summed E-state index contributed by atoms with van der Waals surface area (Å²) in [5.41, 5.74) is 0.291. The van der Waals surface area contributed by atoms with Crippen LogP contribution in [0.2, 0.25) is 5.02 Å². The van der Waals surface area contributed by atoms with Gasteiger partial charge in [0.1, 0.15) is 5.75 Å². The van der Waals surface area contributed by atoms with Crippen LogP contribution in [0.5, 0.6) is 5.75 Å². The standard InChI is InChI=1S/C13H15Cl2NO2/c1-8-7-16(5-4-11(8)15)13(18)10-3-2-9(14)6-12(10)17/h2-3,6,8,11,17H,4-5,7H2,1H3. The lowest BCUT2D eigenvalue weighted by atomic mass is 9.98. The van der Waals surface area contributed by atoms with Crippen molar-refractivity contribution in [1.29, 1.82) is 0 Å². The van der Waals surface area contributed by atoms with Crippen LogP contribution in [0.3, 0.4) is 0 Å². The van der Waals surface area contributed by atoms with E-state index in [4.69, 9.17) is 23.2 Å². The number of aromatic hydroxyl groups is 1. The molecule has 98 valence electrons. The van der Waals surface area contributed by atoms with E-state index in [0.717, 1.165) is 6.42 Å². The van der Waals surface area contributed by atoms with E-state index in [1.165, 1.54) is 6.07 Å². The molecule has 1 saturated heterocycles. The highest BCUT2D eigenvalue weighted by atomic mass is 35.5. The van der Waals surface area contributed by atoms with Crippen LogP contribution < -0.4 is 0 Å². The maximum atomic E-state index is 12.3. The second-order valence-corrected chi connectivity index (χ2v) is 5.69. The van der Waals surface area contributed by atoms with E-state index in [2.05, 4.69) is 0 Å². The lowest BCUT2D eigenvalue weighted by molar-refractivity contribution is 0.0684. The van der Waals surface area contributed by atoms with E-state index in [1.807, 2.05) is 6.92 Å². The van der Waals surface area contributed by atoms with Crippen LogP contribution in [0.1, 0.15) is 23.7 Å². The predicted molar refractivity (Wildman–Crippen MR) is 72.4 cm³/mol. The van der Waals surface area contributed by atoms with Crippen molar-refractivity contribution in [3.05, 3.63) is 28.8 Å². The van der Waals surface area contributed by atoms with Crippen LogP contribution in [-0.4, -0.2) is 34.4 Å². The molecule has 3 nitrogen and oxygen atoms in total. The number of rotatable bonds is 1. The Morgan fingerprint density at radius 2 is 2.22 bits per heavy atom. The van der Waals surface area contributed by atoms with Crippen LogP contribution in [0.15, 0.2) is 18.2 Å². The van der Waals surface area contributed by atoms with Gasteiger partial charge in [0.05, 0.1) is 5.56 Å². The molecule has 1 aromatic carbocycles. The van der Waals surface area contributed by atoms with E-state index in [1.54, 1.807) is 17.0 Å². The number of phenolic OH excluding ortho intramolecular Hbond substituents is 1. The highest BCUT2D eigenvalue weighted by Gasteiger charge is 2.28. The summed E-state index contributed by atoms with van der Waals surface area (Å²) >= 11 is 11.9. The molecule has 1 amide bonds. The van der Waals surface area contributed by atoms with Crippen molar-refractivity contribution in [2.45, 2.75) is 18.7 Å². The molecular weight excluding hydrogens is 273 g/mol. The topological polar surface area (TPSA) is 40.5 Å². The van der Waals surface area contributed by atoms with Crippen LogP contribution in [-0.2, 0) is 0 Å². The van der Waals surface area contributed by atoms with Crippen LogP contribution in [0.4, 0.5) is 0 Å². The van der Waals surface area contributed by atoms with Crippen molar-refractivity contribution < 1.29 is 9.90 Å². The number of benzene rings is 1. The van der Waals surface area contributed by atoms with Gasteiger partial charge in [0.25, 0.3) is 5.91 Å². The quantitative estimate of drug-likeness (QED) is 0.806. The van der Waals surface area contributed by atoms with Gasteiger partial charge in [-0.25, -0.2) is 0 Å². The summed E-state index contributed by atoms with van der Waals surface area (Å²) < 4.78 is 0. The molecule has 18 heavy (non-hydrogen) atoms. The zero-order valence-corrected chi connectivity index (χ0v) is 11.6. The minimum atomic E-state index is -0.167. The van der Waals surface area contributed by atoms with Crippen LogP contribution in [0.25, 0.3) is 0 Å². The molecule has 0 spiro atoms. The van der Waals surface area contributed by atoms with Crippen molar-refractivity contribution in [1.82, 2.24) is 4.90 Å². The van der Waals surface area contributed by atoms with Crippen LogP contribution >= 0.6 is 23.2 Å². The summed E-state index contributed by atoms with van der Waals surface area (Å²) in [7, 11) is 0. The lowest BCUT2D eigenvalue weighted by Gasteiger charge is -2.34. The summed E-state index contributed by atoms with van der Waals surface area (Å²) in [6, 6.07) is 4.54. The van der Waals surface area contributed by atoms with Crippen molar-refractivity contribution >= 4 is 29.1 Å². The lowest BCUT2D eigenvalue weighted by Crippen LogP contribution is -2.43. The summed E-state index contributed by atoms with van der Waals surface area (Å²) in [5, 5.41) is 10.3. The minimum Gasteiger partial charge on any atom is -0.507 e. The minimum absolute atomic E-state index is 0.0758. The number of phenols is 1.